The predicted molar refractivity (Wildman–Crippen MR) is 128 cm³/mol. The van der Waals surface area contributed by atoms with E-state index in [1.807, 2.05) is 11.9 Å². The second-order valence-electron chi connectivity index (χ2n) is 8.34. The average Bonchev–Trinajstić information content (AvgIpc) is 2.87. The number of carbonyl (C=O) groups is 2. The molecule has 0 radical (unpaired) electrons. The number of benzene rings is 2. The van der Waals surface area contributed by atoms with Gasteiger partial charge in [0.15, 0.2) is 0 Å². The highest BCUT2D eigenvalue weighted by Crippen LogP contribution is 2.28. The van der Waals surface area contributed by atoms with Crippen LogP contribution >= 0.6 is 0 Å². The lowest BCUT2D eigenvalue weighted by molar-refractivity contribution is 0.0595. The van der Waals surface area contributed by atoms with E-state index in [1.165, 1.54) is 24.4 Å². The molecule has 2 aromatic carbocycles. The van der Waals surface area contributed by atoms with Crippen LogP contribution < -0.4 is 5.32 Å². The van der Waals surface area contributed by atoms with Crippen molar-refractivity contribution in [2.45, 2.75) is 6.54 Å². The van der Waals surface area contributed by atoms with Crippen LogP contribution in [0.4, 0.5) is 14.6 Å². The van der Waals surface area contributed by atoms with Crippen molar-refractivity contribution in [2.24, 2.45) is 0 Å². The Hall–Kier alpha value is -3.85. The number of pyridine rings is 1. The zero-order valence-electron chi connectivity index (χ0n) is 19.6. The number of hydrogen-bond acceptors (Lipinski definition) is 6. The monoisotopic (exact) mass is 480 g/mol. The van der Waals surface area contributed by atoms with Crippen LogP contribution in [0.1, 0.15) is 26.3 Å². The Bertz CT molecular complexity index is 1230. The lowest BCUT2D eigenvalue weighted by atomic mass is 9.98. The summed E-state index contributed by atoms with van der Waals surface area (Å²) >= 11 is 0. The molecule has 0 aliphatic carbocycles. The summed E-state index contributed by atoms with van der Waals surface area (Å²) in [5.41, 5.74) is 1.24. The van der Waals surface area contributed by atoms with E-state index in [9.17, 15) is 18.4 Å². The highest BCUT2D eigenvalue weighted by molar-refractivity contribution is 5.97. The average molecular weight is 481 g/mol. The zero-order valence-corrected chi connectivity index (χ0v) is 19.6. The number of anilines is 1. The van der Waals surface area contributed by atoms with Gasteiger partial charge in [-0.1, -0.05) is 24.3 Å². The molecule has 9 heteroatoms. The first-order valence-corrected chi connectivity index (χ1v) is 11.2. The van der Waals surface area contributed by atoms with Gasteiger partial charge >= 0.3 is 5.97 Å². The molecule has 0 atom stereocenters. The van der Waals surface area contributed by atoms with Crippen molar-refractivity contribution in [2.75, 3.05) is 45.7 Å². The van der Waals surface area contributed by atoms with Gasteiger partial charge in [-0.3, -0.25) is 4.79 Å². The second kappa shape index (κ2) is 10.6. The third-order valence-electron chi connectivity index (χ3n) is 6.03. The number of ether oxygens (including phenoxy) is 1. The minimum Gasteiger partial charge on any atom is -0.465 e. The van der Waals surface area contributed by atoms with E-state index in [2.05, 4.69) is 19.9 Å². The van der Waals surface area contributed by atoms with E-state index in [-0.39, 0.29) is 23.6 Å². The molecule has 182 valence electrons. The van der Waals surface area contributed by atoms with Crippen LogP contribution in [0.2, 0.25) is 0 Å². The molecule has 0 saturated carbocycles. The Balaban J connectivity index is 1.43. The minimum absolute atomic E-state index is 0.0533. The number of esters is 1. The minimum atomic E-state index is -0.829. The first-order chi connectivity index (χ1) is 16.9. The third kappa shape index (κ3) is 5.46. The number of aromatic nitrogens is 1. The van der Waals surface area contributed by atoms with Gasteiger partial charge in [0, 0.05) is 44.5 Å². The van der Waals surface area contributed by atoms with Crippen LogP contribution in [-0.2, 0) is 11.3 Å². The van der Waals surface area contributed by atoms with Crippen molar-refractivity contribution < 1.29 is 23.1 Å². The topological polar surface area (TPSA) is 74.8 Å². The Morgan fingerprint density at radius 3 is 2.46 bits per heavy atom. The van der Waals surface area contributed by atoms with Gasteiger partial charge in [-0.15, -0.1) is 0 Å². The van der Waals surface area contributed by atoms with Crippen molar-refractivity contribution in [3.8, 4) is 11.1 Å². The molecule has 0 spiro atoms. The first-order valence-electron chi connectivity index (χ1n) is 11.2. The van der Waals surface area contributed by atoms with Gasteiger partial charge in [0.05, 0.1) is 12.7 Å². The van der Waals surface area contributed by atoms with Crippen molar-refractivity contribution in [1.29, 1.82) is 0 Å². The summed E-state index contributed by atoms with van der Waals surface area (Å²) in [7, 11) is 3.19. The summed E-state index contributed by atoms with van der Waals surface area (Å²) in [5.74, 6) is -1.63. The molecule has 1 amide bonds. The number of carbonyl (C=O) groups excluding carboxylic acids is 2. The Kier molecular flexibility index (Phi) is 7.36. The highest BCUT2D eigenvalue weighted by Gasteiger charge is 2.21. The fourth-order valence-electron chi connectivity index (χ4n) is 3.94. The summed E-state index contributed by atoms with van der Waals surface area (Å²) < 4.78 is 33.7. The molecule has 1 aliphatic rings. The quantitative estimate of drug-likeness (QED) is 0.541. The van der Waals surface area contributed by atoms with Gasteiger partial charge in [0.25, 0.3) is 5.91 Å². The molecular formula is C26H26F2N4O3. The van der Waals surface area contributed by atoms with E-state index >= 15 is 0 Å². The molecule has 0 unspecified atom stereocenters. The Morgan fingerprint density at radius 2 is 1.80 bits per heavy atom. The molecule has 3 aromatic rings. The van der Waals surface area contributed by atoms with Crippen LogP contribution in [0.5, 0.6) is 0 Å². The van der Waals surface area contributed by atoms with Gasteiger partial charge in [-0.2, -0.15) is 0 Å². The number of hydrogen-bond donors (Lipinski definition) is 1. The largest absolute Gasteiger partial charge is 0.465 e. The zero-order chi connectivity index (χ0) is 24.9. The summed E-state index contributed by atoms with van der Waals surface area (Å²) in [5, 5.41) is 3.04. The predicted octanol–water partition coefficient (Wildman–Crippen LogP) is 3.81. The molecule has 1 saturated heterocycles. The summed E-state index contributed by atoms with van der Waals surface area (Å²) in [4.78, 5) is 32.9. The fourth-order valence-corrected chi connectivity index (χ4v) is 3.94. The normalized spacial score (nSPS) is 14.0. The molecule has 1 N–H and O–H groups in total. The van der Waals surface area contributed by atoms with Gasteiger partial charge in [0.1, 0.15) is 23.0 Å². The van der Waals surface area contributed by atoms with Crippen LogP contribution in [0.3, 0.4) is 0 Å². The summed E-state index contributed by atoms with van der Waals surface area (Å²) in [6.45, 7) is 3.19. The van der Waals surface area contributed by atoms with Gasteiger partial charge in [-0.05, 0) is 42.4 Å². The molecule has 1 aliphatic heterocycles. The molecule has 0 bridgehead atoms. The Labute approximate surface area is 202 Å². The number of nitrogens with one attached hydrogen (secondary N) is 1. The molecule has 4 rings (SSSR count). The number of rotatable bonds is 6. The van der Waals surface area contributed by atoms with Gasteiger partial charge < -0.3 is 19.9 Å². The number of likely N-dealkylation sites (N-methyl/N-ethyl adjacent to an activating group) is 1. The second-order valence-corrected chi connectivity index (χ2v) is 8.34. The maximum Gasteiger partial charge on any atom is 0.341 e. The number of amides is 1. The highest BCUT2D eigenvalue weighted by atomic mass is 19.1. The third-order valence-corrected chi connectivity index (χ3v) is 6.03. The number of halogens is 2. The SMILES string of the molecule is COC(=O)c1c(F)cccc1-c1ccc(CNc2ccc(C(=O)N3CCN(C)CC3)cn2)c(F)c1. The van der Waals surface area contributed by atoms with E-state index < -0.39 is 17.6 Å². The molecule has 7 nitrogen and oxygen atoms in total. The molecule has 1 aromatic heterocycles. The number of nitrogens with zero attached hydrogens (tertiary/aromatic N) is 3. The van der Waals surface area contributed by atoms with E-state index in [1.54, 1.807) is 24.3 Å². The van der Waals surface area contributed by atoms with Crippen molar-refractivity contribution >= 4 is 17.7 Å². The summed E-state index contributed by atoms with van der Waals surface area (Å²) in [6.07, 6.45) is 1.51. The number of piperazine rings is 1. The van der Waals surface area contributed by atoms with Crippen LogP contribution in [0.15, 0.2) is 54.7 Å². The van der Waals surface area contributed by atoms with E-state index in [0.29, 0.717) is 35.6 Å². The van der Waals surface area contributed by atoms with Crippen LogP contribution in [-0.4, -0.2) is 67.0 Å². The van der Waals surface area contributed by atoms with Crippen LogP contribution in [0, 0.1) is 11.6 Å². The lowest BCUT2D eigenvalue weighted by Crippen LogP contribution is -2.47. The number of methoxy groups -OCH3 is 1. The van der Waals surface area contributed by atoms with Crippen molar-refractivity contribution in [3.05, 3.63) is 83.1 Å². The maximum atomic E-state index is 14.8. The summed E-state index contributed by atoms with van der Waals surface area (Å²) in [6, 6.07) is 12.0. The molecular weight excluding hydrogens is 454 g/mol. The van der Waals surface area contributed by atoms with Crippen molar-refractivity contribution in [1.82, 2.24) is 14.8 Å². The standard InChI is InChI=1S/C26H26F2N4O3/c1-31-10-12-32(13-11-31)25(33)19-8-9-23(30-16-19)29-15-18-7-6-17(14-22(18)28)20-4-3-5-21(27)24(20)26(34)35-2/h3-9,14,16H,10-13,15H2,1-2H3,(H,29,30). The van der Waals surface area contributed by atoms with Gasteiger partial charge in [0.2, 0.25) is 0 Å². The first kappa shape index (κ1) is 24.3. The smallest absolute Gasteiger partial charge is 0.341 e. The van der Waals surface area contributed by atoms with E-state index in [4.69, 9.17) is 0 Å². The molecule has 1 fully saturated rings. The molecule has 2 heterocycles. The fraction of sp³-hybridized carbons (Fsp3) is 0.269. The van der Waals surface area contributed by atoms with Gasteiger partial charge in [-0.25, -0.2) is 18.6 Å². The Morgan fingerprint density at radius 1 is 1.03 bits per heavy atom. The maximum absolute atomic E-state index is 14.8. The van der Waals surface area contributed by atoms with Crippen LogP contribution in [0.25, 0.3) is 11.1 Å². The van der Waals surface area contributed by atoms with Crippen molar-refractivity contribution in [3.63, 3.8) is 0 Å². The lowest BCUT2D eigenvalue weighted by Gasteiger charge is -2.32. The molecule has 35 heavy (non-hydrogen) atoms. The van der Waals surface area contributed by atoms with E-state index in [0.717, 1.165) is 26.3 Å².